The molecule has 2 heterocycles. The summed E-state index contributed by atoms with van der Waals surface area (Å²) in [5, 5.41) is 6.31. The predicted molar refractivity (Wildman–Crippen MR) is 84.7 cm³/mol. The summed E-state index contributed by atoms with van der Waals surface area (Å²) in [6, 6.07) is 14.1. The molecule has 6 heteroatoms. The predicted octanol–water partition coefficient (Wildman–Crippen LogP) is 3.02. The molecule has 0 unspecified atom stereocenters. The van der Waals surface area contributed by atoms with Crippen molar-refractivity contribution in [3.05, 3.63) is 54.3 Å². The summed E-state index contributed by atoms with van der Waals surface area (Å²) >= 11 is 0. The minimum absolute atomic E-state index is 0.00229. The maximum absolute atomic E-state index is 12.3. The number of fused-ring (bicyclic) bond motifs is 2. The number of furan rings is 1. The third kappa shape index (κ3) is 2.50. The maximum atomic E-state index is 12.3. The number of carbonyl (C=O) groups excluding carboxylic acids is 2. The first-order valence-corrected chi connectivity index (χ1v) is 7.06. The Bertz CT molecular complexity index is 896. The molecule has 0 radical (unpaired) electrons. The number of rotatable bonds is 2. The maximum Gasteiger partial charge on any atom is 0.291 e. The summed E-state index contributed by atoms with van der Waals surface area (Å²) in [5.41, 5.74) is 1.73. The van der Waals surface area contributed by atoms with Gasteiger partial charge in [-0.25, -0.2) is 0 Å². The molecule has 0 atom stereocenters. The average Bonchev–Trinajstić information content (AvgIpc) is 2.98. The normalized spacial score (nSPS) is 13.1. The third-order valence-corrected chi connectivity index (χ3v) is 3.52. The molecule has 0 fully saturated rings. The molecule has 0 saturated carbocycles. The van der Waals surface area contributed by atoms with Crippen LogP contribution in [-0.2, 0) is 4.79 Å². The number of benzene rings is 2. The van der Waals surface area contributed by atoms with Gasteiger partial charge >= 0.3 is 0 Å². The number of hydrogen-bond donors (Lipinski definition) is 2. The fraction of sp³-hybridized carbons (Fsp3) is 0.0588. The molecule has 1 aliphatic rings. The number of hydrogen-bond acceptors (Lipinski definition) is 4. The van der Waals surface area contributed by atoms with Crippen LogP contribution in [0.15, 0.2) is 52.9 Å². The molecule has 23 heavy (non-hydrogen) atoms. The zero-order valence-corrected chi connectivity index (χ0v) is 12.0. The van der Waals surface area contributed by atoms with Gasteiger partial charge in [0.25, 0.3) is 11.8 Å². The van der Waals surface area contributed by atoms with Crippen LogP contribution in [0.2, 0.25) is 0 Å². The van der Waals surface area contributed by atoms with Crippen LogP contribution in [0, 0.1) is 0 Å². The lowest BCUT2D eigenvalue weighted by molar-refractivity contribution is -0.118. The molecule has 114 valence electrons. The van der Waals surface area contributed by atoms with Gasteiger partial charge < -0.3 is 19.8 Å². The van der Waals surface area contributed by atoms with Gasteiger partial charge in [-0.1, -0.05) is 18.2 Å². The Hall–Kier alpha value is -3.28. The van der Waals surface area contributed by atoms with Crippen molar-refractivity contribution in [3.8, 4) is 5.75 Å². The Labute approximate surface area is 131 Å². The van der Waals surface area contributed by atoms with E-state index in [0.29, 0.717) is 22.7 Å². The lowest BCUT2D eigenvalue weighted by Crippen LogP contribution is -2.25. The van der Waals surface area contributed by atoms with Gasteiger partial charge in [-0.3, -0.25) is 9.59 Å². The van der Waals surface area contributed by atoms with Crippen LogP contribution >= 0.6 is 0 Å². The second-order valence-electron chi connectivity index (χ2n) is 5.15. The lowest BCUT2D eigenvalue weighted by Gasteiger charge is -2.18. The van der Waals surface area contributed by atoms with E-state index in [1.807, 2.05) is 18.2 Å². The average molecular weight is 308 g/mol. The van der Waals surface area contributed by atoms with E-state index < -0.39 is 0 Å². The summed E-state index contributed by atoms with van der Waals surface area (Å²) in [6.07, 6.45) is 0. The fourth-order valence-electron chi connectivity index (χ4n) is 2.45. The van der Waals surface area contributed by atoms with Crippen molar-refractivity contribution in [1.29, 1.82) is 0 Å². The lowest BCUT2D eigenvalue weighted by atomic mass is 10.2. The summed E-state index contributed by atoms with van der Waals surface area (Å²) in [6.45, 7) is -0.00229. The molecule has 0 bridgehead atoms. The number of amides is 2. The fourth-order valence-corrected chi connectivity index (χ4v) is 2.45. The first-order valence-electron chi connectivity index (χ1n) is 7.06. The molecule has 0 saturated heterocycles. The number of ether oxygens (including phenoxy) is 1. The molecular weight excluding hydrogens is 296 g/mol. The summed E-state index contributed by atoms with van der Waals surface area (Å²) < 4.78 is 10.8. The Morgan fingerprint density at radius 3 is 2.87 bits per heavy atom. The molecule has 2 amide bonds. The van der Waals surface area contributed by atoms with Gasteiger partial charge in [-0.2, -0.15) is 0 Å². The van der Waals surface area contributed by atoms with Gasteiger partial charge in [0.2, 0.25) is 0 Å². The van der Waals surface area contributed by atoms with E-state index in [1.54, 1.807) is 30.3 Å². The summed E-state index contributed by atoms with van der Waals surface area (Å²) in [7, 11) is 0. The number of anilines is 2. The van der Waals surface area contributed by atoms with E-state index in [-0.39, 0.29) is 24.2 Å². The summed E-state index contributed by atoms with van der Waals surface area (Å²) in [4.78, 5) is 23.6. The third-order valence-electron chi connectivity index (χ3n) is 3.52. The first-order chi connectivity index (χ1) is 11.2. The van der Waals surface area contributed by atoms with Gasteiger partial charge in [0, 0.05) is 11.1 Å². The molecule has 0 spiro atoms. The van der Waals surface area contributed by atoms with Crippen LogP contribution in [0.4, 0.5) is 11.4 Å². The van der Waals surface area contributed by atoms with Gasteiger partial charge in [-0.05, 0) is 30.3 Å². The number of nitrogens with one attached hydrogen (secondary N) is 2. The van der Waals surface area contributed by atoms with Crippen LogP contribution in [0.25, 0.3) is 11.0 Å². The molecule has 4 rings (SSSR count). The van der Waals surface area contributed by atoms with Gasteiger partial charge in [0.05, 0.1) is 5.69 Å². The molecule has 0 aliphatic carbocycles. The smallest absolute Gasteiger partial charge is 0.291 e. The van der Waals surface area contributed by atoms with Crippen molar-refractivity contribution in [2.24, 2.45) is 0 Å². The van der Waals surface area contributed by atoms with Crippen molar-refractivity contribution < 1.29 is 18.7 Å². The van der Waals surface area contributed by atoms with Crippen LogP contribution < -0.4 is 15.4 Å². The molecule has 2 aromatic carbocycles. The van der Waals surface area contributed by atoms with E-state index in [4.69, 9.17) is 9.15 Å². The Morgan fingerprint density at radius 1 is 1.13 bits per heavy atom. The van der Waals surface area contributed by atoms with Crippen molar-refractivity contribution in [3.63, 3.8) is 0 Å². The highest BCUT2D eigenvalue weighted by Gasteiger charge is 2.17. The SMILES string of the molecule is O=C1COc2ccc(NC(=O)c3cc4ccccc4o3)cc2N1. The van der Waals surface area contributed by atoms with E-state index >= 15 is 0 Å². The highest BCUT2D eigenvalue weighted by molar-refractivity contribution is 6.05. The van der Waals surface area contributed by atoms with E-state index in [2.05, 4.69) is 10.6 Å². The molecular formula is C17H12N2O4. The van der Waals surface area contributed by atoms with Crippen molar-refractivity contribution in [2.45, 2.75) is 0 Å². The van der Waals surface area contributed by atoms with Crippen LogP contribution in [-0.4, -0.2) is 18.4 Å². The zero-order chi connectivity index (χ0) is 15.8. The van der Waals surface area contributed by atoms with Crippen molar-refractivity contribution >= 4 is 34.2 Å². The minimum Gasteiger partial charge on any atom is -0.482 e. The molecule has 3 aromatic rings. The van der Waals surface area contributed by atoms with Gasteiger partial charge in [0.1, 0.15) is 11.3 Å². The van der Waals surface area contributed by atoms with Crippen molar-refractivity contribution in [2.75, 3.05) is 17.2 Å². The van der Waals surface area contributed by atoms with E-state index in [0.717, 1.165) is 5.39 Å². The standard InChI is InChI=1S/C17H12N2O4/c20-16-9-22-14-6-5-11(8-12(14)19-16)18-17(21)15-7-10-3-1-2-4-13(10)23-15/h1-8H,9H2,(H,18,21)(H,19,20). The van der Waals surface area contributed by atoms with E-state index in [9.17, 15) is 9.59 Å². The monoisotopic (exact) mass is 308 g/mol. The highest BCUT2D eigenvalue weighted by atomic mass is 16.5. The minimum atomic E-state index is -0.357. The second kappa shape index (κ2) is 5.17. The van der Waals surface area contributed by atoms with E-state index in [1.165, 1.54) is 0 Å². The zero-order valence-electron chi connectivity index (χ0n) is 12.0. The Kier molecular flexibility index (Phi) is 3.01. The highest BCUT2D eigenvalue weighted by Crippen LogP contribution is 2.30. The first kappa shape index (κ1) is 13.4. The molecule has 6 nitrogen and oxygen atoms in total. The number of para-hydroxylation sites is 1. The number of carbonyl (C=O) groups is 2. The van der Waals surface area contributed by atoms with Crippen LogP contribution in [0.5, 0.6) is 5.75 Å². The second-order valence-corrected chi connectivity index (χ2v) is 5.15. The quantitative estimate of drug-likeness (QED) is 0.762. The van der Waals surface area contributed by atoms with Crippen LogP contribution in [0.1, 0.15) is 10.6 Å². The largest absolute Gasteiger partial charge is 0.482 e. The van der Waals surface area contributed by atoms with Crippen molar-refractivity contribution in [1.82, 2.24) is 0 Å². The Morgan fingerprint density at radius 2 is 2.00 bits per heavy atom. The summed E-state index contributed by atoms with van der Waals surface area (Å²) in [5.74, 6) is 0.220. The molecule has 2 N–H and O–H groups in total. The van der Waals surface area contributed by atoms with Gasteiger partial charge in [-0.15, -0.1) is 0 Å². The molecule has 1 aromatic heterocycles. The Balaban J connectivity index is 1.58. The molecule has 1 aliphatic heterocycles. The van der Waals surface area contributed by atoms with Crippen LogP contribution in [0.3, 0.4) is 0 Å². The van der Waals surface area contributed by atoms with Gasteiger partial charge in [0.15, 0.2) is 12.4 Å². The topological polar surface area (TPSA) is 80.6 Å².